The molecule has 1 aliphatic heterocycles. The van der Waals surface area contributed by atoms with Crippen LogP contribution in [0.5, 0.6) is 11.5 Å². The van der Waals surface area contributed by atoms with Gasteiger partial charge in [0.1, 0.15) is 47.8 Å². The maximum atomic E-state index is 13.7. The summed E-state index contributed by atoms with van der Waals surface area (Å²) >= 11 is 1.44. The molecule has 0 saturated carbocycles. The lowest BCUT2D eigenvalue weighted by atomic mass is 10.0. The summed E-state index contributed by atoms with van der Waals surface area (Å²) in [5, 5.41) is 26.9. The molecule has 1 aliphatic rings. The van der Waals surface area contributed by atoms with Crippen LogP contribution in [0.15, 0.2) is 48.5 Å². The highest BCUT2D eigenvalue weighted by Crippen LogP contribution is 2.23. The van der Waals surface area contributed by atoms with E-state index in [0.717, 1.165) is 0 Å². The minimum atomic E-state index is -1.82. The van der Waals surface area contributed by atoms with Crippen molar-refractivity contribution in [3.63, 3.8) is 0 Å². The molecule has 3 rings (SSSR count). The molecule has 0 aromatic heterocycles. The third-order valence-electron chi connectivity index (χ3n) is 10.8. The average Bonchev–Trinajstić information content (AvgIpc) is 3.81. The van der Waals surface area contributed by atoms with Crippen LogP contribution in [0, 0.1) is 5.92 Å². The smallest absolute Gasteiger partial charge is 0.305 e. The SMILES string of the molecule is CNC(=O)c1ccc(Oc2ccc(C(=O)NCCCC(=O)N[C@@H](CC(N)=O)C(=O)N[C@@H](CC(=O)O)C(=O)N[C@@H](C)C(=O)N[C@@H](CC(C)C)C(=O)N[C@@H](CCSC)C(=O)N3CCC[C@H]3C(N)=O)cc2)cc1. The standard InChI is InChI=1S/C46H64N10O13S/c1-25(2)22-32(44(66)53-31(18-21-70-5)46(68)56-20-7-8-35(56)39(48)61)54-40(62)26(3)51-43(65)34(24-38(59)60)55-45(67)33(23-36(47)57)52-37(58)9-6-19-50-42(64)28-12-16-30(17-13-28)69-29-14-10-27(11-15-29)41(63)49-4/h10-17,25-26,31-35H,6-9,18-24H2,1-5H3,(H2,47,57)(H2,48,61)(H,49,63)(H,50,64)(H,51,65)(H,52,58)(H,53,66)(H,54,62)(H,55,67)(H,59,60)/t26-,31-,32-,33-,34-,35-/m0/s1. The van der Waals surface area contributed by atoms with E-state index >= 15 is 0 Å². The lowest BCUT2D eigenvalue weighted by Gasteiger charge is -2.29. The molecule has 382 valence electrons. The van der Waals surface area contributed by atoms with Crippen molar-refractivity contribution in [2.75, 3.05) is 32.1 Å². The van der Waals surface area contributed by atoms with E-state index in [1.807, 2.05) is 6.26 Å². The van der Waals surface area contributed by atoms with E-state index in [2.05, 4.69) is 37.2 Å². The first-order chi connectivity index (χ1) is 33.1. The molecule has 23 nitrogen and oxygen atoms in total. The van der Waals surface area contributed by atoms with Gasteiger partial charge in [-0.15, -0.1) is 0 Å². The summed E-state index contributed by atoms with van der Waals surface area (Å²) in [6.07, 6.45) is 1.24. The van der Waals surface area contributed by atoms with Crippen LogP contribution in [0.2, 0.25) is 0 Å². The van der Waals surface area contributed by atoms with Crippen molar-refractivity contribution in [2.45, 2.75) is 108 Å². The van der Waals surface area contributed by atoms with Gasteiger partial charge in [-0.05, 0) is 105 Å². The number of likely N-dealkylation sites (tertiary alicyclic amines) is 1. The fourth-order valence-corrected chi connectivity index (χ4v) is 7.66. The monoisotopic (exact) mass is 996 g/mol. The summed E-state index contributed by atoms with van der Waals surface area (Å²) in [5.74, 6) is -7.71. The summed E-state index contributed by atoms with van der Waals surface area (Å²) in [4.78, 5) is 142. The lowest BCUT2D eigenvalue weighted by molar-refractivity contribution is -0.142. The number of carboxylic acid groups (broad SMARTS) is 1. The molecular weight excluding hydrogens is 933 g/mol. The Labute approximate surface area is 409 Å². The van der Waals surface area contributed by atoms with Crippen LogP contribution in [0.25, 0.3) is 0 Å². The second-order valence-corrected chi connectivity index (χ2v) is 17.9. The first-order valence-corrected chi connectivity index (χ1v) is 24.0. The van der Waals surface area contributed by atoms with Crippen LogP contribution in [0.4, 0.5) is 0 Å². The molecular formula is C46H64N10O13S. The number of hydrogen-bond donors (Lipinski definition) is 10. The molecule has 2 aromatic rings. The number of benzene rings is 2. The van der Waals surface area contributed by atoms with Crippen molar-refractivity contribution in [1.29, 1.82) is 0 Å². The van der Waals surface area contributed by atoms with E-state index in [0.29, 0.717) is 41.2 Å². The van der Waals surface area contributed by atoms with Crippen molar-refractivity contribution >= 4 is 76.8 Å². The largest absolute Gasteiger partial charge is 0.481 e. The van der Waals surface area contributed by atoms with Gasteiger partial charge in [0.2, 0.25) is 47.3 Å². The third-order valence-corrected chi connectivity index (χ3v) is 11.5. The molecule has 0 radical (unpaired) electrons. The van der Waals surface area contributed by atoms with E-state index in [1.54, 1.807) is 50.2 Å². The molecule has 0 unspecified atom stereocenters. The molecule has 70 heavy (non-hydrogen) atoms. The fraction of sp³-hybridized carbons (Fsp3) is 0.500. The summed E-state index contributed by atoms with van der Waals surface area (Å²) in [7, 11) is 1.52. The highest BCUT2D eigenvalue weighted by atomic mass is 32.2. The Hall–Kier alpha value is -7.24. The Kier molecular flexibility index (Phi) is 23.1. The summed E-state index contributed by atoms with van der Waals surface area (Å²) in [5.41, 5.74) is 11.6. The van der Waals surface area contributed by atoms with Crippen molar-refractivity contribution in [3.05, 3.63) is 59.7 Å². The Morgan fingerprint density at radius 3 is 1.81 bits per heavy atom. The van der Waals surface area contributed by atoms with Gasteiger partial charge >= 0.3 is 5.97 Å². The Bertz CT molecular complexity index is 2210. The minimum Gasteiger partial charge on any atom is -0.481 e. The molecule has 10 amide bonds. The second kappa shape index (κ2) is 28.3. The number of thioether (sulfide) groups is 1. The number of carboxylic acids is 1. The number of amides is 10. The van der Waals surface area contributed by atoms with Gasteiger partial charge in [-0.3, -0.25) is 52.7 Å². The van der Waals surface area contributed by atoms with Crippen LogP contribution in [-0.2, 0) is 43.2 Å². The average molecular weight is 997 g/mol. The van der Waals surface area contributed by atoms with Gasteiger partial charge in [0, 0.05) is 37.7 Å². The molecule has 1 fully saturated rings. The lowest BCUT2D eigenvalue weighted by Crippen LogP contribution is -2.59. The maximum Gasteiger partial charge on any atom is 0.305 e. The van der Waals surface area contributed by atoms with Gasteiger partial charge in [-0.2, -0.15) is 11.8 Å². The van der Waals surface area contributed by atoms with Gasteiger partial charge in [-0.25, -0.2) is 0 Å². The minimum absolute atomic E-state index is 0.0281. The zero-order valence-electron chi connectivity index (χ0n) is 39.8. The molecule has 1 heterocycles. The van der Waals surface area contributed by atoms with Gasteiger partial charge in [0.05, 0.1) is 12.8 Å². The first kappa shape index (κ1) is 57.1. The quantitative estimate of drug-likeness (QED) is 0.0477. The summed E-state index contributed by atoms with van der Waals surface area (Å²) < 4.78 is 5.76. The van der Waals surface area contributed by atoms with Gasteiger partial charge in [0.15, 0.2) is 0 Å². The van der Waals surface area contributed by atoms with Crippen molar-refractivity contribution in [2.24, 2.45) is 17.4 Å². The number of nitrogens with one attached hydrogen (secondary N) is 7. The molecule has 0 aliphatic carbocycles. The van der Waals surface area contributed by atoms with Gasteiger partial charge in [0.25, 0.3) is 11.8 Å². The molecule has 0 spiro atoms. The number of primary amides is 2. The first-order valence-electron chi connectivity index (χ1n) is 22.6. The van der Waals surface area contributed by atoms with E-state index in [4.69, 9.17) is 16.2 Å². The number of hydrogen-bond acceptors (Lipinski definition) is 13. The van der Waals surface area contributed by atoms with E-state index in [-0.39, 0.29) is 50.6 Å². The zero-order chi connectivity index (χ0) is 52.1. The molecule has 6 atom stereocenters. The van der Waals surface area contributed by atoms with Crippen molar-refractivity contribution < 1.29 is 62.6 Å². The predicted molar refractivity (Wildman–Crippen MR) is 256 cm³/mol. The van der Waals surface area contributed by atoms with E-state index < -0.39 is 108 Å². The predicted octanol–water partition coefficient (Wildman–Crippen LogP) is -0.582. The maximum absolute atomic E-state index is 13.7. The number of aliphatic carboxylic acids is 1. The molecule has 12 N–H and O–H groups in total. The summed E-state index contributed by atoms with van der Waals surface area (Å²) in [6, 6.07) is 4.73. The fourth-order valence-electron chi connectivity index (χ4n) is 7.19. The van der Waals surface area contributed by atoms with Gasteiger partial charge in [-0.1, -0.05) is 13.8 Å². The number of carbonyl (C=O) groups is 11. The van der Waals surface area contributed by atoms with Crippen molar-refractivity contribution in [1.82, 2.24) is 42.1 Å². The Balaban J connectivity index is 1.57. The van der Waals surface area contributed by atoms with Crippen molar-refractivity contribution in [3.8, 4) is 11.5 Å². The molecule has 24 heteroatoms. The number of ether oxygens (including phenoxy) is 1. The number of nitrogens with two attached hydrogens (primary N) is 2. The molecule has 2 aromatic carbocycles. The topological polar surface area (TPSA) is 357 Å². The van der Waals surface area contributed by atoms with Gasteiger partial charge < -0.3 is 63.4 Å². The highest BCUT2D eigenvalue weighted by Gasteiger charge is 2.38. The summed E-state index contributed by atoms with van der Waals surface area (Å²) in [6.45, 7) is 5.15. The van der Waals surface area contributed by atoms with Crippen LogP contribution >= 0.6 is 11.8 Å². The van der Waals surface area contributed by atoms with E-state index in [1.165, 1.54) is 42.8 Å². The normalized spacial score (nSPS) is 15.2. The molecule has 0 bridgehead atoms. The van der Waals surface area contributed by atoms with Crippen LogP contribution < -0.4 is 53.4 Å². The second-order valence-electron chi connectivity index (χ2n) is 16.9. The zero-order valence-corrected chi connectivity index (χ0v) is 40.6. The highest BCUT2D eigenvalue weighted by molar-refractivity contribution is 7.98. The van der Waals surface area contributed by atoms with E-state index in [9.17, 15) is 57.8 Å². The number of nitrogens with zero attached hydrogens (tertiary/aromatic N) is 1. The van der Waals surface area contributed by atoms with Crippen LogP contribution in [0.3, 0.4) is 0 Å². The molecule has 1 saturated heterocycles. The van der Waals surface area contributed by atoms with Crippen LogP contribution in [-0.4, -0.2) is 143 Å². The van der Waals surface area contributed by atoms with Crippen LogP contribution in [0.1, 0.15) is 92.9 Å². The number of carbonyl (C=O) groups excluding carboxylic acids is 10. The number of rotatable bonds is 28. The third kappa shape index (κ3) is 18.7. The Morgan fingerprint density at radius 2 is 1.27 bits per heavy atom. The Morgan fingerprint density at radius 1 is 0.729 bits per heavy atom.